The van der Waals surface area contributed by atoms with Gasteiger partial charge in [-0.1, -0.05) is 32.0 Å². The van der Waals surface area contributed by atoms with Gasteiger partial charge in [0.15, 0.2) is 5.76 Å². The van der Waals surface area contributed by atoms with E-state index in [1.54, 1.807) is 30.3 Å². The maximum Gasteiger partial charge on any atom is 0.360 e. The van der Waals surface area contributed by atoms with Gasteiger partial charge < -0.3 is 15.0 Å². The molecule has 0 unspecified atom stereocenters. The Morgan fingerprint density at radius 3 is 2.23 bits per heavy atom. The van der Waals surface area contributed by atoms with Crippen molar-refractivity contribution >= 4 is 29.7 Å². The molecule has 0 heterocycles. The van der Waals surface area contributed by atoms with Crippen LogP contribution in [0.1, 0.15) is 37.0 Å². The number of ether oxygens (including phenoxy) is 2. The van der Waals surface area contributed by atoms with E-state index in [4.69, 9.17) is 9.47 Å². The Morgan fingerprint density at radius 2 is 1.65 bits per heavy atom. The monoisotopic (exact) mass is 375 g/mol. The van der Waals surface area contributed by atoms with Crippen molar-refractivity contribution in [1.29, 1.82) is 0 Å². The third-order valence-corrected chi connectivity index (χ3v) is 3.31. The van der Waals surface area contributed by atoms with E-state index in [1.807, 2.05) is 19.9 Å². The largest absolute Gasteiger partial charge is 0.491 e. The molecular formula is C19H22ClN3O3. The van der Waals surface area contributed by atoms with Gasteiger partial charge in [-0.15, -0.1) is 12.4 Å². The van der Waals surface area contributed by atoms with Crippen molar-refractivity contribution in [3.63, 3.8) is 0 Å². The summed E-state index contributed by atoms with van der Waals surface area (Å²) in [6, 6.07) is 8.79. The van der Waals surface area contributed by atoms with Crippen molar-refractivity contribution in [1.82, 2.24) is 0 Å². The first kappa shape index (κ1) is 21.4. The fraction of sp³-hybridized carbons (Fsp3) is 0.316. The average Bonchev–Trinajstić information content (AvgIpc) is 2.65. The van der Waals surface area contributed by atoms with Crippen LogP contribution in [0.15, 0.2) is 59.0 Å². The molecule has 0 N–H and O–H groups in total. The Hall–Kier alpha value is -2.69. The Bertz CT molecular complexity index is 763. The number of halogens is 1. The van der Waals surface area contributed by atoms with Crippen molar-refractivity contribution in [2.75, 3.05) is 13.2 Å². The molecule has 0 bridgehead atoms. The van der Waals surface area contributed by atoms with E-state index in [1.165, 1.54) is 6.08 Å². The van der Waals surface area contributed by atoms with Gasteiger partial charge >= 0.3 is 5.71 Å². The van der Waals surface area contributed by atoms with Crippen LogP contribution in [0.4, 0.5) is 0 Å². The van der Waals surface area contributed by atoms with Crippen LogP contribution in [0.25, 0.3) is 5.53 Å². The van der Waals surface area contributed by atoms with Gasteiger partial charge in [0.2, 0.25) is 5.76 Å². The number of aliphatic imine (C=N–C) groups is 1. The van der Waals surface area contributed by atoms with Gasteiger partial charge in [-0.2, -0.15) is 4.79 Å². The summed E-state index contributed by atoms with van der Waals surface area (Å²) in [7, 11) is 0. The molecule has 1 aromatic carbocycles. The van der Waals surface area contributed by atoms with Crippen LogP contribution in [0.3, 0.4) is 0 Å². The van der Waals surface area contributed by atoms with Gasteiger partial charge in [-0.3, -0.25) is 4.79 Å². The molecule has 0 fully saturated rings. The highest BCUT2D eigenvalue weighted by Crippen LogP contribution is 2.17. The van der Waals surface area contributed by atoms with Gasteiger partial charge in [-0.25, -0.2) is 4.99 Å². The molecule has 0 radical (unpaired) electrons. The molecule has 0 saturated heterocycles. The first-order valence-corrected chi connectivity index (χ1v) is 8.29. The lowest BCUT2D eigenvalue weighted by molar-refractivity contribution is -0.00816. The summed E-state index contributed by atoms with van der Waals surface area (Å²) in [6.07, 6.45) is 4.69. The molecule has 26 heavy (non-hydrogen) atoms. The molecule has 1 aromatic rings. The molecule has 1 amide bonds. The standard InChI is InChI=1S/C19H21N3O3.ClH/c1-3-10-24-17-13-16(22-20)18(25-11-4-2)12-15(17)21-19(23)14-8-6-5-7-9-14;/h5-9,12-13H,3-4,10-11H2,1-2H3;1H. The highest BCUT2D eigenvalue weighted by atomic mass is 35.5. The Labute approximate surface area is 159 Å². The maximum absolute atomic E-state index is 12.4. The summed E-state index contributed by atoms with van der Waals surface area (Å²) >= 11 is 0. The smallest absolute Gasteiger partial charge is 0.360 e. The van der Waals surface area contributed by atoms with Gasteiger partial charge in [0.25, 0.3) is 5.91 Å². The van der Waals surface area contributed by atoms with Crippen molar-refractivity contribution in [2.45, 2.75) is 26.7 Å². The zero-order valence-electron chi connectivity index (χ0n) is 14.8. The van der Waals surface area contributed by atoms with E-state index in [0.29, 0.717) is 36.0 Å². The summed E-state index contributed by atoms with van der Waals surface area (Å²) in [4.78, 5) is 19.8. The Morgan fingerprint density at radius 1 is 1.04 bits per heavy atom. The molecule has 0 spiro atoms. The molecular weight excluding hydrogens is 354 g/mol. The number of rotatable bonds is 7. The fourth-order valence-corrected chi connectivity index (χ4v) is 2.11. The minimum atomic E-state index is -0.378. The van der Waals surface area contributed by atoms with Gasteiger partial charge in [0.1, 0.15) is 5.71 Å². The lowest BCUT2D eigenvalue weighted by Crippen LogP contribution is -2.19. The second-order valence-corrected chi connectivity index (χ2v) is 5.37. The topological polar surface area (TPSA) is 84.3 Å². The van der Waals surface area contributed by atoms with E-state index < -0.39 is 0 Å². The van der Waals surface area contributed by atoms with Crippen molar-refractivity contribution < 1.29 is 19.1 Å². The van der Waals surface area contributed by atoms with Crippen LogP contribution >= 0.6 is 12.4 Å². The van der Waals surface area contributed by atoms with E-state index in [2.05, 4.69) is 9.78 Å². The quantitative estimate of drug-likeness (QED) is 0.410. The van der Waals surface area contributed by atoms with Crippen LogP contribution < -0.4 is 0 Å². The number of nitrogens with zero attached hydrogens (tertiary/aromatic N) is 3. The van der Waals surface area contributed by atoms with Crippen LogP contribution in [0.2, 0.25) is 0 Å². The highest BCUT2D eigenvalue weighted by molar-refractivity contribution is 6.23. The number of allylic oxidation sites excluding steroid dienone is 2. The summed E-state index contributed by atoms with van der Waals surface area (Å²) in [6.45, 7) is 4.87. The molecule has 0 aliphatic heterocycles. The number of benzene rings is 1. The number of hydrogen-bond acceptors (Lipinski definition) is 3. The molecule has 6 nitrogen and oxygen atoms in total. The van der Waals surface area contributed by atoms with E-state index in [9.17, 15) is 10.3 Å². The average molecular weight is 376 g/mol. The predicted molar refractivity (Wildman–Crippen MR) is 103 cm³/mol. The first-order valence-electron chi connectivity index (χ1n) is 8.29. The Balaban J connectivity index is 0.00000338. The third-order valence-electron chi connectivity index (χ3n) is 3.31. The highest BCUT2D eigenvalue weighted by Gasteiger charge is 2.26. The normalized spacial score (nSPS) is 14.7. The SMILES string of the molecule is CCCOC1=CC(=[N+]=[N-])C(OCCC)=CC1=NC(=O)c1ccccc1.Cl. The van der Waals surface area contributed by atoms with Crippen molar-refractivity contribution in [2.24, 2.45) is 4.99 Å². The molecule has 0 saturated carbocycles. The molecule has 1 aliphatic rings. The maximum atomic E-state index is 12.4. The van der Waals surface area contributed by atoms with Gasteiger partial charge in [0, 0.05) is 11.6 Å². The number of carbonyl (C=O) groups is 1. The Kier molecular flexibility index (Phi) is 9.06. The molecule has 7 heteroatoms. The summed E-state index contributed by atoms with van der Waals surface area (Å²) < 4.78 is 11.2. The first-order chi connectivity index (χ1) is 12.2. The lowest BCUT2D eigenvalue weighted by Gasteiger charge is -2.14. The molecule has 138 valence electrons. The molecule has 1 aliphatic carbocycles. The van der Waals surface area contributed by atoms with E-state index >= 15 is 0 Å². The number of hydrogen-bond donors (Lipinski definition) is 0. The van der Waals surface area contributed by atoms with E-state index in [-0.39, 0.29) is 24.0 Å². The van der Waals surface area contributed by atoms with Gasteiger partial charge in [-0.05, 0) is 25.0 Å². The summed E-state index contributed by atoms with van der Waals surface area (Å²) in [5.74, 6) is 0.354. The summed E-state index contributed by atoms with van der Waals surface area (Å²) in [5, 5.41) is 0. The van der Waals surface area contributed by atoms with Crippen LogP contribution in [-0.4, -0.2) is 35.3 Å². The molecule has 0 aromatic heterocycles. The van der Waals surface area contributed by atoms with Gasteiger partial charge in [0.05, 0.1) is 19.3 Å². The zero-order chi connectivity index (χ0) is 18.1. The third kappa shape index (κ3) is 5.69. The zero-order valence-corrected chi connectivity index (χ0v) is 15.7. The van der Waals surface area contributed by atoms with E-state index in [0.717, 1.165) is 12.8 Å². The predicted octanol–water partition coefficient (Wildman–Crippen LogP) is 4.00. The lowest BCUT2D eigenvalue weighted by atomic mass is 10.1. The fourth-order valence-electron chi connectivity index (χ4n) is 2.11. The van der Waals surface area contributed by atoms with Crippen molar-refractivity contribution in [3.05, 3.63) is 65.1 Å². The summed E-state index contributed by atoms with van der Waals surface area (Å²) in [5.41, 5.74) is 10.3. The minimum Gasteiger partial charge on any atom is -0.491 e. The van der Waals surface area contributed by atoms with Crippen LogP contribution in [-0.2, 0) is 9.47 Å². The number of carbonyl (C=O) groups excluding carboxylic acids is 1. The van der Waals surface area contributed by atoms with Crippen molar-refractivity contribution in [3.8, 4) is 0 Å². The minimum absolute atomic E-state index is 0. The molecule has 2 rings (SSSR count). The second kappa shape index (κ2) is 11.0. The van der Waals surface area contributed by atoms with Crippen LogP contribution in [0.5, 0.6) is 0 Å². The van der Waals surface area contributed by atoms with Crippen LogP contribution in [0, 0.1) is 0 Å². The molecule has 0 atom stereocenters. The second-order valence-electron chi connectivity index (χ2n) is 5.37. The number of amides is 1.